The Kier molecular flexibility index (Phi) is 6.27. The van der Waals surface area contributed by atoms with E-state index in [4.69, 9.17) is 11.6 Å². The third-order valence-corrected chi connectivity index (χ3v) is 7.85. The molecule has 0 atom stereocenters. The Bertz CT molecular complexity index is 1720. The van der Waals surface area contributed by atoms with Crippen LogP contribution in [0.5, 0.6) is 0 Å². The van der Waals surface area contributed by atoms with Gasteiger partial charge in [-0.25, -0.2) is 4.79 Å². The van der Waals surface area contributed by atoms with Crippen LogP contribution in [-0.2, 0) is 13.6 Å². The van der Waals surface area contributed by atoms with Crippen LogP contribution in [0.3, 0.4) is 0 Å². The zero-order valence-corrected chi connectivity index (χ0v) is 22.2. The number of para-hydroxylation sites is 2. The predicted molar refractivity (Wildman–Crippen MR) is 149 cm³/mol. The van der Waals surface area contributed by atoms with Crippen molar-refractivity contribution in [1.29, 1.82) is 0 Å². The second-order valence-corrected chi connectivity index (χ2v) is 10.6. The monoisotopic (exact) mass is 528 g/mol. The predicted octanol–water partition coefficient (Wildman–Crippen LogP) is 5.02. The summed E-state index contributed by atoms with van der Waals surface area (Å²) in [7, 11) is 1.89. The summed E-state index contributed by atoms with van der Waals surface area (Å²) < 4.78 is 5.50. The van der Waals surface area contributed by atoms with Crippen LogP contribution in [0.25, 0.3) is 27.6 Å². The first kappa shape index (κ1) is 24.4. The maximum atomic E-state index is 13.9. The summed E-state index contributed by atoms with van der Waals surface area (Å²) >= 11 is 6.05. The van der Waals surface area contributed by atoms with Crippen molar-refractivity contribution in [2.45, 2.75) is 45.2 Å². The van der Waals surface area contributed by atoms with Crippen LogP contribution >= 0.6 is 11.6 Å². The Balaban J connectivity index is 1.23. The van der Waals surface area contributed by atoms with Crippen LogP contribution in [0.1, 0.15) is 41.7 Å². The maximum absolute atomic E-state index is 13.9. The van der Waals surface area contributed by atoms with Crippen LogP contribution in [0.2, 0.25) is 5.02 Å². The molecule has 0 aliphatic heterocycles. The number of hydrogen-bond donors (Lipinski definition) is 1. The number of halogens is 1. The van der Waals surface area contributed by atoms with Gasteiger partial charge in [-0.1, -0.05) is 29.8 Å². The van der Waals surface area contributed by atoms with Gasteiger partial charge in [-0.05, 0) is 68.9 Å². The fourth-order valence-electron chi connectivity index (χ4n) is 5.71. The summed E-state index contributed by atoms with van der Waals surface area (Å²) in [6.07, 6.45) is 7.11. The van der Waals surface area contributed by atoms with Crippen molar-refractivity contribution < 1.29 is 4.79 Å². The normalized spacial score (nSPS) is 17.8. The number of imidazole rings is 1. The van der Waals surface area contributed by atoms with E-state index in [2.05, 4.69) is 15.4 Å². The lowest BCUT2D eigenvalue weighted by Crippen LogP contribution is -2.39. The van der Waals surface area contributed by atoms with Gasteiger partial charge < -0.3 is 5.32 Å². The maximum Gasteiger partial charge on any atom is 0.333 e. The lowest BCUT2D eigenvalue weighted by molar-refractivity contribution is 0.0919. The average molecular weight is 529 g/mol. The van der Waals surface area contributed by atoms with Crippen molar-refractivity contribution >= 4 is 39.4 Å². The van der Waals surface area contributed by atoms with Crippen LogP contribution in [-0.4, -0.2) is 35.8 Å². The summed E-state index contributed by atoms with van der Waals surface area (Å²) in [6.45, 7) is 2.46. The minimum absolute atomic E-state index is 0.0399. The molecular weight excluding hydrogens is 500 g/mol. The van der Waals surface area contributed by atoms with E-state index in [0.717, 1.165) is 53.3 Å². The van der Waals surface area contributed by atoms with Gasteiger partial charge in [-0.15, -0.1) is 0 Å². The first-order valence-corrected chi connectivity index (χ1v) is 13.3. The molecule has 1 aliphatic rings. The Morgan fingerprint density at radius 3 is 2.63 bits per heavy atom. The number of fused-ring (bicyclic) bond motifs is 2. The molecule has 1 fully saturated rings. The lowest BCUT2D eigenvalue weighted by atomic mass is 9.85. The molecule has 0 radical (unpaired) electrons. The van der Waals surface area contributed by atoms with Gasteiger partial charge in [0.15, 0.2) is 0 Å². The molecule has 0 spiro atoms. The molecule has 38 heavy (non-hydrogen) atoms. The third kappa shape index (κ3) is 4.39. The second-order valence-electron chi connectivity index (χ2n) is 10.2. The quantitative estimate of drug-likeness (QED) is 0.347. The molecule has 0 unspecified atom stereocenters. The first-order valence-electron chi connectivity index (χ1n) is 12.9. The fraction of sp³-hybridized carbons (Fsp3) is 0.310. The number of nitrogens with zero attached hydrogens (tertiary/aromatic N) is 5. The number of aryl methyl sites for hydroxylation is 2. The zero-order chi connectivity index (χ0) is 26.4. The third-order valence-electron chi connectivity index (χ3n) is 7.64. The van der Waals surface area contributed by atoms with Crippen molar-refractivity contribution in [3.05, 3.63) is 87.7 Å². The molecule has 5 aromatic rings. The Hall–Kier alpha value is -3.91. The van der Waals surface area contributed by atoms with Gasteiger partial charge in [0.25, 0.3) is 5.91 Å². The molecule has 1 aliphatic carbocycles. The summed E-state index contributed by atoms with van der Waals surface area (Å²) in [4.78, 5) is 30.9. The average Bonchev–Trinajstić information content (AvgIpc) is 3.43. The smallest absolute Gasteiger partial charge is 0.333 e. The highest BCUT2D eigenvalue weighted by molar-refractivity contribution is 6.30. The van der Waals surface area contributed by atoms with Crippen molar-refractivity contribution in [1.82, 2.24) is 29.2 Å². The van der Waals surface area contributed by atoms with E-state index in [9.17, 15) is 9.59 Å². The van der Waals surface area contributed by atoms with Gasteiger partial charge >= 0.3 is 5.69 Å². The highest BCUT2D eigenvalue weighted by Crippen LogP contribution is 2.29. The molecule has 8 nitrogen and oxygen atoms in total. The van der Waals surface area contributed by atoms with E-state index in [0.29, 0.717) is 28.7 Å². The van der Waals surface area contributed by atoms with Crippen molar-refractivity contribution in [3.8, 4) is 5.69 Å². The number of benzene rings is 2. The number of rotatable bonds is 5. The van der Waals surface area contributed by atoms with Crippen molar-refractivity contribution in [3.63, 3.8) is 0 Å². The summed E-state index contributed by atoms with van der Waals surface area (Å²) in [5, 5.41) is 9.07. The number of carbonyl (C=O) groups is 1. The van der Waals surface area contributed by atoms with Gasteiger partial charge in [0.1, 0.15) is 0 Å². The largest absolute Gasteiger partial charge is 0.349 e. The number of carbonyl (C=O) groups excluding carboxylic acids is 1. The van der Waals surface area contributed by atoms with Gasteiger partial charge in [-0.3, -0.25) is 23.6 Å². The second kappa shape index (κ2) is 9.76. The Morgan fingerprint density at radius 1 is 1.08 bits per heavy atom. The van der Waals surface area contributed by atoms with Crippen LogP contribution in [0.4, 0.5) is 0 Å². The summed E-state index contributed by atoms with van der Waals surface area (Å²) in [5.74, 6) is 0.216. The van der Waals surface area contributed by atoms with Crippen molar-refractivity contribution in [2.75, 3.05) is 0 Å². The summed E-state index contributed by atoms with van der Waals surface area (Å²) in [5.41, 5.74) is 4.66. The number of aromatic nitrogens is 5. The molecule has 3 aromatic heterocycles. The summed E-state index contributed by atoms with van der Waals surface area (Å²) in [6, 6.07) is 15.6. The molecule has 3 heterocycles. The number of hydrogen-bond acceptors (Lipinski definition) is 4. The number of nitrogens with one attached hydrogen (secondary N) is 1. The topological polar surface area (TPSA) is 86.7 Å². The standard InChI is InChI=1S/C29H29ClN6O2/c1-18-22(14-20(30)15-31-18)28(37)32-21-12-10-19(11-13-21)16-35-26-7-3-4-8-27(26)36(29(35)38)25-9-5-6-24-23(25)17-34(2)33-24/h3-9,14-15,17,19,21H,10-13,16H2,1-2H3,(H,32,37). The molecule has 194 valence electrons. The minimum Gasteiger partial charge on any atom is -0.349 e. The van der Waals surface area contributed by atoms with E-state index in [1.807, 2.05) is 71.8 Å². The highest BCUT2D eigenvalue weighted by atomic mass is 35.5. The van der Waals surface area contributed by atoms with Crippen molar-refractivity contribution in [2.24, 2.45) is 13.0 Å². The van der Waals surface area contributed by atoms with Gasteiger partial charge in [-0.2, -0.15) is 5.10 Å². The molecule has 0 bridgehead atoms. The fourth-order valence-corrected chi connectivity index (χ4v) is 5.86. The molecule has 9 heteroatoms. The van der Waals surface area contributed by atoms with Crippen LogP contribution in [0, 0.1) is 12.8 Å². The van der Waals surface area contributed by atoms with Gasteiger partial charge in [0, 0.05) is 37.4 Å². The van der Waals surface area contributed by atoms with E-state index in [-0.39, 0.29) is 17.6 Å². The van der Waals surface area contributed by atoms with E-state index >= 15 is 0 Å². The SMILES string of the molecule is Cc1ncc(Cl)cc1C(=O)NC1CCC(Cn2c(=O)n(-c3cccc4nn(C)cc34)c3ccccc32)CC1. The van der Waals surface area contributed by atoms with Gasteiger partial charge in [0.2, 0.25) is 0 Å². The van der Waals surface area contributed by atoms with Crippen LogP contribution < -0.4 is 11.0 Å². The zero-order valence-electron chi connectivity index (χ0n) is 21.4. The molecule has 1 amide bonds. The Morgan fingerprint density at radius 2 is 1.84 bits per heavy atom. The first-order chi connectivity index (χ1) is 18.4. The molecule has 6 rings (SSSR count). The van der Waals surface area contributed by atoms with Gasteiger partial charge in [0.05, 0.1) is 38.5 Å². The molecule has 1 saturated carbocycles. The number of pyridine rings is 1. The molecule has 2 aromatic carbocycles. The number of amides is 1. The van der Waals surface area contributed by atoms with Crippen LogP contribution in [0.15, 0.2) is 65.7 Å². The lowest BCUT2D eigenvalue weighted by Gasteiger charge is -2.29. The molecule has 0 saturated heterocycles. The minimum atomic E-state index is -0.134. The van der Waals surface area contributed by atoms with E-state index in [1.165, 1.54) is 0 Å². The molecule has 1 N–H and O–H groups in total. The molecular formula is C29H29ClN6O2. The highest BCUT2D eigenvalue weighted by Gasteiger charge is 2.26. The Labute approximate surface area is 224 Å². The van der Waals surface area contributed by atoms with E-state index in [1.54, 1.807) is 16.9 Å². The van der Waals surface area contributed by atoms with E-state index < -0.39 is 0 Å².